The van der Waals surface area contributed by atoms with Crippen LogP contribution in [0.2, 0.25) is 0 Å². The summed E-state index contributed by atoms with van der Waals surface area (Å²) in [6.45, 7) is 2.08. The average molecular weight is 626 g/mol. The molecule has 0 spiro atoms. The van der Waals surface area contributed by atoms with Crippen molar-refractivity contribution in [1.82, 2.24) is 30.5 Å². The van der Waals surface area contributed by atoms with Gasteiger partial charge in [-0.1, -0.05) is 17.3 Å². The van der Waals surface area contributed by atoms with Gasteiger partial charge in [0.15, 0.2) is 17.3 Å². The van der Waals surface area contributed by atoms with Crippen LogP contribution in [0.1, 0.15) is 48.1 Å². The number of urea groups is 1. The lowest BCUT2D eigenvalue weighted by atomic mass is 9.96. The summed E-state index contributed by atoms with van der Waals surface area (Å²) in [5.74, 6) is -2.79. The second-order valence-corrected chi connectivity index (χ2v) is 10.5. The number of ether oxygens (including phenoxy) is 1. The number of nitrogens with one attached hydrogen (secondary N) is 3. The second kappa shape index (κ2) is 13.5. The number of nitrogens with zero attached hydrogens (tertiary/aromatic N) is 4. The number of carbonyl (C=O) groups is 2. The Bertz CT molecular complexity index is 1470. The van der Waals surface area contributed by atoms with Crippen LogP contribution in [-0.2, 0) is 13.1 Å². The van der Waals surface area contributed by atoms with Crippen molar-refractivity contribution in [3.05, 3.63) is 71.1 Å². The third-order valence-electron chi connectivity index (χ3n) is 7.25. The number of aromatic nitrogens is 3. The number of anilines is 1. The van der Waals surface area contributed by atoms with E-state index < -0.39 is 47.9 Å². The van der Waals surface area contributed by atoms with Gasteiger partial charge in [-0.15, -0.1) is 5.10 Å². The van der Waals surface area contributed by atoms with Crippen LogP contribution in [0, 0.1) is 11.6 Å². The topological polar surface area (TPSA) is 134 Å². The van der Waals surface area contributed by atoms with Gasteiger partial charge in [-0.25, -0.2) is 18.3 Å². The summed E-state index contributed by atoms with van der Waals surface area (Å²) in [5.41, 5.74) is 0.466. The number of carbonyl (C=O) groups excluding carboxylic acids is 2. The van der Waals surface area contributed by atoms with Gasteiger partial charge >= 0.3 is 12.2 Å². The number of aliphatic hydroxyl groups excluding tert-OH is 1. The maximum absolute atomic E-state index is 13.9. The quantitative estimate of drug-likeness (QED) is 0.252. The molecule has 2 heterocycles. The van der Waals surface area contributed by atoms with E-state index in [2.05, 4.69) is 20.9 Å². The molecule has 1 aromatic heterocycles. The molecule has 3 amide bonds. The third-order valence-corrected chi connectivity index (χ3v) is 7.25. The SMILES string of the molecule is COc1ccc(C(C[C@H]2Cn3nnc(C(=O)N[C@H](C)C(F)(F)F)c3CN2C(=O)Nc2ccc(F)c(F)c2)N[C@@H](C)CO)cc1. The van der Waals surface area contributed by atoms with Crippen molar-refractivity contribution in [2.45, 2.75) is 63.7 Å². The Labute approximate surface area is 249 Å². The monoisotopic (exact) mass is 625 g/mol. The molecule has 2 aromatic carbocycles. The number of hydrogen-bond donors (Lipinski definition) is 4. The van der Waals surface area contributed by atoms with Gasteiger partial charge in [0, 0.05) is 23.8 Å². The van der Waals surface area contributed by atoms with Gasteiger partial charge in [-0.2, -0.15) is 13.2 Å². The van der Waals surface area contributed by atoms with E-state index in [0.29, 0.717) is 5.75 Å². The van der Waals surface area contributed by atoms with Crippen molar-refractivity contribution in [1.29, 1.82) is 0 Å². The zero-order chi connectivity index (χ0) is 32.2. The third kappa shape index (κ3) is 7.60. The summed E-state index contributed by atoms with van der Waals surface area (Å²) in [5, 5.41) is 25.2. The molecule has 238 valence electrons. The van der Waals surface area contributed by atoms with Gasteiger partial charge in [0.05, 0.1) is 38.5 Å². The largest absolute Gasteiger partial charge is 0.497 e. The molecule has 0 fully saturated rings. The molecule has 16 heteroatoms. The van der Waals surface area contributed by atoms with Crippen LogP contribution in [0.3, 0.4) is 0 Å². The Morgan fingerprint density at radius 2 is 1.82 bits per heavy atom. The highest BCUT2D eigenvalue weighted by Gasteiger charge is 2.40. The highest BCUT2D eigenvalue weighted by molar-refractivity contribution is 5.94. The first kappa shape index (κ1) is 32.6. The fraction of sp³-hybridized carbons (Fsp3) is 0.429. The van der Waals surface area contributed by atoms with Crippen molar-refractivity contribution in [2.24, 2.45) is 0 Å². The van der Waals surface area contributed by atoms with Crippen molar-refractivity contribution in [3.63, 3.8) is 0 Å². The number of rotatable bonds is 10. The van der Waals surface area contributed by atoms with E-state index in [1.807, 2.05) is 17.4 Å². The van der Waals surface area contributed by atoms with Gasteiger partial charge in [0.25, 0.3) is 5.91 Å². The molecule has 3 aromatic rings. The van der Waals surface area contributed by atoms with Crippen LogP contribution in [0.5, 0.6) is 5.75 Å². The molecule has 4 atom stereocenters. The Hall–Kier alpha value is -4.31. The van der Waals surface area contributed by atoms with E-state index >= 15 is 0 Å². The summed E-state index contributed by atoms with van der Waals surface area (Å²) in [4.78, 5) is 27.7. The molecule has 0 saturated heterocycles. The predicted molar refractivity (Wildman–Crippen MR) is 148 cm³/mol. The lowest BCUT2D eigenvalue weighted by Gasteiger charge is -2.38. The molecule has 11 nitrogen and oxygen atoms in total. The Kier molecular flexibility index (Phi) is 10.0. The van der Waals surface area contributed by atoms with E-state index in [9.17, 15) is 36.6 Å². The van der Waals surface area contributed by atoms with E-state index in [4.69, 9.17) is 4.74 Å². The molecule has 0 bridgehead atoms. The first-order valence-electron chi connectivity index (χ1n) is 13.6. The standard InChI is InChI=1S/C28H32F5N7O4/c1-15(14-41)34-23(17-4-7-20(44-3)8-5-17)11-19-12-40-24(25(37-38-40)26(42)35-16(2)28(31,32)33)13-39(19)27(43)36-18-6-9-21(29)22(30)10-18/h4-10,15-16,19,23,34,41H,11-14H2,1-3H3,(H,35,42)(H,36,43)/t15-,16+,19-,23?/m0/s1. The predicted octanol–water partition coefficient (Wildman–Crippen LogP) is 3.76. The number of aliphatic hydroxyl groups is 1. The summed E-state index contributed by atoms with van der Waals surface area (Å²) >= 11 is 0. The highest BCUT2D eigenvalue weighted by Crippen LogP contribution is 2.30. The fourth-order valence-corrected chi connectivity index (χ4v) is 4.76. The molecule has 0 saturated carbocycles. The highest BCUT2D eigenvalue weighted by atomic mass is 19.4. The molecule has 44 heavy (non-hydrogen) atoms. The van der Waals surface area contributed by atoms with Crippen LogP contribution in [0.4, 0.5) is 32.4 Å². The normalized spacial score (nSPS) is 16.9. The average Bonchev–Trinajstić information content (AvgIpc) is 3.40. The van der Waals surface area contributed by atoms with Gasteiger partial charge in [0.2, 0.25) is 0 Å². The van der Waals surface area contributed by atoms with Crippen LogP contribution in [-0.4, -0.2) is 75.0 Å². The lowest BCUT2D eigenvalue weighted by molar-refractivity contribution is -0.149. The van der Waals surface area contributed by atoms with Crippen molar-refractivity contribution < 1.29 is 41.4 Å². The minimum atomic E-state index is -4.69. The summed E-state index contributed by atoms with van der Waals surface area (Å²) in [6.07, 6.45) is -4.45. The maximum Gasteiger partial charge on any atom is 0.408 e. The zero-order valence-corrected chi connectivity index (χ0v) is 24.0. The molecule has 0 radical (unpaired) electrons. The van der Waals surface area contributed by atoms with E-state index in [0.717, 1.165) is 24.6 Å². The summed E-state index contributed by atoms with van der Waals surface area (Å²) in [7, 11) is 1.53. The summed E-state index contributed by atoms with van der Waals surface area (Å²) < 4.78 is 73.2. The Morgan fingerprint density at radius 1 is 1.11 bits per heavy atom. The van der Waals surface area contributed by atoms with Gasteiger partial charge in [-0.05, 0) is 50.1 Å². The number of hydrogen-bond acceptors (Lipinski definition) is 7. The van der Waals surface area contributed by atoms with Crippen LogP contribution in [0.15, 0.2) is 42.5 Å². The number of halogens is 5. The van der Waals surface area contributed by atoms with Gasteiger partial charge in [0.1, 0.15) is 11.8 Å². The smallest absolute Gasteiger partial charge is 0.408 e. The molecule has 4 N–H and O–H groups in total. The molecule has 4 rings (SSSR count). The molecule has 1 unspecified atom stereocenters. The first-order valence-corrected chi connectivity index (χ1v) is 13.6. The van der Waals surface area contributed by atoms with E-state index in [1.165, 1.54) is 22.8 Å². The molecular formula is C28H32F5N7O4. The minimum absolute atomic E-state index is 0.00250. The number of methoxy groups -OCH3 is 1. The zero-order valence-electron chi connectivity index (χ0n) is 24.0. The van der Waals surface area contributed by atoms with Gasteiger partial charge < -0.3 is 30.7 Å². The lowest BCUT2D eigenvalue weighted by Crippen LogP contribution is -2.50. The van der Waals surface area contributed by atoms with E-state index in [-0.39, 0.29) is 49.2 Å². The minimum Gasteiger partial charge on any atom is -0.497 e. The Balaban J connectivity index is 1.67. The molecule has 1 aliphatic rings. The number of amides is 3. The van der Waals surface area contributed by atoms with Crippen LogP contribution < -0.4 is 20.7 Å². The molecular weight excluding hydrogens is 593 g/mol. The molecule has 1 aliphatic heterocycles. The number of benzene rings is 2. The van der Waals surface area contributed by atoms with Crippen molar-refractivity contribution in [3.8, 4) is 5.75 Å². The molecule has 0 aliphatic carbocycles. The van der Waals surface area contributed by atoms with Crippen molar-refractivity contribution >= 4 is 17.6 Å². The Morgan fingerprint density at radius 3 is 2.43 bits per heavy atom. The fourth-order valence-electron chi connectivity index (χ4n) is 4.76. The first-order chi connectivity index (χ1) is 20.8. The second-order valence-electron chi connectivity index (χ2n) is 10.5. The van der Waals surface area contributed by atoms with E-state index in [1.54, 1.807) is 19.1 Å². The maximum atomic E-state index is 13.9. The van der Waals surface area contributed by atoms with Crippen molar-refractivity contribution in [2.75, 3.05) is 19.0 Å². The number of alkyl halides is 3. The van der Waals surface area contributed by atoms with Crippen LogP contribution in [0.25, 0.3) is 0 Å². The van der Waals surface area contributed by atoms with Crippen LogP contribution >= 0.6 is 0 Å². The summed E-state index contributed by atoms with van der Waals surface area (Å²) in [6, 6.07) is 5.65. The van der Waals surface area contributed by atoms with Gasteiger partial charge in [-0.3, -0.25) is 4.79 Å². The number of fused-ring (bicyclic) bond motifs is 1.